The number of hydrogen-bond donors (Lipinski definition) is 1. The first-order valence-electron chi connectivity index (χ1n) is 3.07. The Morgan fingerprint density at radius 1 is 1.82 bits per heavy atom. The fraction of sp³-hybridized carbons (Fsp3) is 0.333. The van der Waals surface area contributed by atoms with Crippen molar-refractivity contribution >= 4 is 11.8 Å². The highest BCUT2D eigenvalue weighted by molar-refractivity contribution is 5.69. The minimum absolute atomic E-state index is 0.337. The number of aromatic nitrogens is 2. The van der Waals surface area contributed by atoms with Crippen molar-refractivity contribution in [3.8, 4) is 5.88 Å². The summed E-state index contributed by atoms with van der Waals surface area (Å²) in [6.45, 7) is 1.32. The lowest BCUT2D eigenvalue weighted by Crippen LogP contribution is -2.05. The highest BCUT2D eigenvalue weighted by atomic mass is 16.5. The van der Waals surface area contributed by atoms with Crippen LogP contribution in [0.5, 0.6) is 5.88 Å². The van der Waals surface area contributed by atoms with Crippen molar-refractivity contribution in [1.82, 2.24) is 9.78 Å². The van der Waals surface area contributed by atoms with E-state index in [4.69, 9.17) is 10.5 Å². The van der Waals surface area contributed by atoms with Gasteiger partial charge in [-0.05, 0) is 0 Å². The number of aryl methyl sites for hydroxylation is 1. The highest BCUT2D eigenvalue weighted by Gasteiger charge is 2.04. The number of ether oxygens (including phenoxy) is 1. The monoisotopic (exact) mass is 155 g/mol. The average molecular weight is 155 g/mol. The molecule has 1 aromatic heterocycles. The quantitative estimate of drug-likeness (QED) is 0.576. The first-order chi connectivity index (χ1) is 5.09. The lowest BCUT2D eigenvalue weighted by molar-refractivity contribution is -0.132. The van der Waals surface area contributed by atoms with E-state index in [1.807, 2.05) is 0 Å². The molecule has 0 aliphatic rings. The van der Waals surface area contributed by atoms with Gasteiger partial charge in [-0.15, -0.1) is 0 Å². The van der Waals surface area contributed by atoms with Gasteiger partial charge >= 0.3 is 5.97 Å². The molecule has 0 amide bonds. The molecule has 60 valence electrons. The van der Waals surface area contributed by atoms with Crippen LogP contribution in [-0.4, -0.2) is 15.7 Å². The van der Waals surface area contributed by atoms with Crippen LogP contribution in [0.3, 0.4) is 0 Å². The normalized spacial score (nSPS) is 9.64. The Bertz CT molecular complexity index is 279. The molecule has 0 bridgehead atoms. The molecular weight excluding hydrogens is 146 g/mol. The molecule has 0 aromatic carbocycles. The molecule has 0 atom stereocenters. The van der Waals surface area contributed by atoms with E-state index in [0.29, 0.717) is 11.7 Å². The third kappa shape index (κ3) is 1.70. The number of rotatable bonds is 1. The summed E-state index contributed by atoms with van der Waals surface area (Å²) >= 11 is 0. The van der Waals surface area contributed by atoms with Gasteiger partial charge in [0.15, 0.2) is 0 Å². The van der Waals surface area contributed by atoms with E-state index in [0.717, 1.165) is 0 Å². The van der Waals surface area contributed by atoms with E-state index in [-0.39, 0.29) is 5.97 Å². The molecule has 0 saturated carbocycles. The van der Waals surface area contributed by atoms with Gasteiger partial charge < -0.3 is 10.5 Å². The minimum atomic E-state index is -0.381. The Morgan fingerprint density at radius 2 is 2.45 bits per heavy atom. The van der Waals surface area contributed by atoms with Gasteiger partial charge in [0.1, 0.15) is 5.82 Å². The van der Waals surface area contributed by atoms with Crippen LogP contribution >= 0.6 is 0 Å². The molecule has 1 aromatic rings. The van der Waals surface area contributed by atoms with Crippen molar-refractivity contribution in [2.45, 2.75) is 6.92 Å². The van der Waals surface area contributed by atoms with E-state index < -0.39 is 0 Å². The summed E-state index contributed by atoms with van der Waals surface area (Å²) in [5.74, 6) is 0.312. The molecule has 11 heavy (non-hydrogen) atoms. The molecule has 5 heteroatoms. The standard InChI is InChI=1S/C6H9N3O2/c1-4(10)11-6-3-5(7)8-9(6)2/h3H,1-2H3,(H2,7,8). The topological polar surface area (TPSA) is 70.1 Å². The molecule has 1 rings (SSSR count). The number of nitrogen functional groups attached to an aromatic ring is 1. The van der Waals surface area contributed by atoms with Crippen LogP contribution in [0.25, 0.3) is 0 Å². The maximum absolute atomic E-state index is 10.5. The largest absolute Gasteiger partial charge is 0.408 e. The van der Waals surface area contributed by atoms with Crippen LogP contribution in [0.4, 0.5) is 5.82 Å². The number of nitrogens with two attached hydrogens (primary N) is 1. The summed E-state index contributed by atoms with van der Waals surface area (Å²) < 4.78 is 6.15. The van der Waals surface area contributed by atoms with Crippen molar-refractivity contribution in [2.24, 2.45) is 7.05 Å². The molecule has 0 unspecified atom stereocenters. The summed E-state index contributed by atoms with van der Waals surface area (Å²) in [5.41, 5.74) is 5.33. The Labute approximate surface area is 63.7 Å². The lowest BCUT2D eigenvalue weighted by Gasteiger charge is -1.98. The molecular formula is C6H9N3O2. The summed E-state index contributed by atoms with van der Waals surface area (Å²) in [4.78, 5) is 10.5. The molecule has 0 saturated heterocycles. The number of carbonyl (C=O) groups is 1. The summed E-state index contributed by atoms with van der Waals surface area (Å²) in [5, 5.41) is 3.78. The van der Waals surface area contributed by atoms with Gasteiger partial charge in [0.2, 0.25) is 5.88 Å². The van der Waals surface area contributed by atoms with E-state index in [2.05, 4.69) is 5.10 Å². The van der Waals surface area contributed by atoms with Gasteiger partial charge in [-0.25, -0.2) is 4.68 Å². The zero-order valence-electron chi connectivity index (χ0n) is 6.37. The predicted molar refractivity (Wildman–Crippen MR) is 38.9 cm³/mol. The zero-order chi connectivity index (χ0) is 8.43. The van der Waals surface area contributed by atoms with Crippen molar-refractivity contribution in [2.75, 3.05) is 5.73 Å². The molecule has 0 spiro atoms. The Hall–Kier alpha value is -1.52. The Morgan fingerprint density at radius 3 is 2.82 bits per heavy atom. The van der Waals surface area contributed by atoms with Crippen LogP contribution in [0.1, 0.15) is 6.92 Å². The third-order valence-corrected chi connectivity index (χ3v) is 1.10. The maximum Gasteiger partial charge on any atom is 0.309 e. The van der Waals surface area contributed by atoms with Crippen molar-refractivity contribution in [3.63, 3.8) is 0 Å². The van der Waals surface area contributed by atoms with Gasteiger partial charge in [0.25, 0.3) is 0 Å². The SMILES string of the molecule is CC(=O)Oc1cc(N)nn1C. The molecule has 0 aliphatic carbocycles. The van der Waals surface area contributed by atoms with E-state index in [1.165, 1.54) is 17.7 Å². The zero-order valence-corrected chi connectivity index (χ0v) is 6.37. The molecule has 1 heterocycles. The van der Waals surface area contributed by atoms with Crippen LogP contribution < -0.4 is 10.5 Å². The average Bonchev–Trinajstić information content (AvgIpc) is 2.09. The van der Waals surface area contributed by atoms with E-state index >= 15 is 0 Å². The van der Waals surface area contributed by atoms with Crippen molar-refractivity contribution in [1.29, 1.82) is 0 Å². The maximum atomic E-state index is 10.5. The van der Waals surface area contributed by atoms with Crippen LogP contribution in [0.2, 0.25) is 0 Å². The smallest absolute Gasteiger partial charge is 0.309 e. The van der Waals surface area contributed by atoms with E-state index in [9.17, 15) is 4.79 Å². The third-order valence-electron chi connectivity index (χ3n) is 1.10. The number of carbonyl (C=O) groups excluding carboxylic acids is 1. The predicted octanol–water partition coefficient (Wildman–Crippen LogP) is -0.0724. The molecule has 0 radical (unpaired) electrons. The molecule has 5 nitrogen and oxygen atoms in total. The van der Waals surface area contributed by atoms with Crippen LogP contribution in [-0.2, 0) is 11.8 Å². The molecule has 2 N–H and O–H groups in total. The van der Waals surface area contributed by atoms with Gasteiger partial charge in [-0.2, -0.15) is 5.10 Å². The first kappa shape index (κ1) is 7.59. The Balaban J connectivity index is 2.85. The van der Waals surface area contributed by atoms with Crippen LogP contribution in [0, 0.1) is 0 Å². The van der Waals surface area contributed by atoms with Crippen molar-refractivity contribution < 1.29 is 9.53 Å². The molecule has 0 aliphatic heterocycles. The summed E-state index contributed by atoms with van der Waals surface area (Å²) in [6, 6.07) is 1.49. The summed E-state index contributed by atoms with van der Waals surface area (Å²) in [7, 11) is 1.65. The molecule has 0 fully saturated rings. The fourth-order valence-corrected chi connectivity index (χ4v) is 0.714. The van der Waals surface area contributed by atoms with Crippen molar-refractivity contribution in [3.05, 3.63) is 6.07 Å². The highest BCUT2D eigenvalue weighted by Crippen LogP contribution is 2.12. The van der Waals surface area contributed by atoms with Gasteiger partial charge in [0, 0.05) is 20.0 Å². The van der Waals surface area contributed by atoms with Gasteiger partial charge in [-0.1, -0.05) is 0 Å². The lowest BCUT2D eigenvalue weighted by atomic mass is 10.6. The van der Waals surface area contributed by atoms with Crippen LogP contribution in [0.15, 0.2) is 6.07 Å². The summed E-state index contributed by atoms with van der Waals surface area (Å²) in [6.07, 6.45) is 0. The van der Waals surface area contributed by atoms with E-state index in [1.54, 1.807) is 7.05 Å². The Kier molecular flexibility index (Phi) is 1.80. The second-order valence-corrected chi connectivity index (χ2v) is 2.12. The number of hydrogen-bond acceptors (Lipinski definition) is 4. The van der Waals surface area contributed by atoms with Gasteiger partial charge in [-0.3, -0.25) is 4.79 Å². The first-order valence-corrected chi connectivity index (χ1v) is 3.07. The number of esters is 1. The number of nitrogens with zero attached hydrogens (tertiary/aromatic N) is 2. The minimum Gasteiger partial charge on any atom is -0.408 e. The second kappa shape index (κ2) is 2.61. The fourth-order valence-electron chi connectivity index (χ4n) is 0.714. The van der Waals surface area contributed by atoms with Gasteiger partial charge in [0.05, 0.1) is 0 Å². The second-order valence-electron chi connectivity index (χ2n) is 2.12. The number of anilines is 1.